The molecule has 4 heteroatoms. The highest BCUT2D eigenvalue weighted by Crippen LogP contribution is 2.33. The largest absolute Gasteiger partial charge is 0.251 e. The number of halogens is 3. The minimum absolute atomic E-state index is 0.194. The molecule has 1 heterocycles. The molecule has 2 rings (SSSR count). The third-order valence-corrected chi connectivity index (χ3v) is 4.44. The zero-order valence-electron chi connectivity index (χ0n) is 12.0. The van der Waals surface area contributed by atoms with Crippen molar-refractivity contribution in [2.45, 2.75) is 58.3 Å². The Morgan fingerprint density at radius 1 is 1.00 bits per heavy atom. The molecule has 1 aliphatic rings. The SMILES string of the molecule is CCC[C@H]1CC[C@H](CCc2cc(F)c(F)nc2F)CC1. The van der Waals surface area contributed by atoms with Crippen LogP contribution in [0.2, 0.25) is 0 Å². The van der Waals surface area contributed by atoms with Gasteiger partial charge in [0.15, 0.2) is 5.82 Å². The monoisotopic (exact) mass is 285 g/mol. The van der Waals surface area contributed by atoms with Gasteiger partial charge in [-0.1, -0.05) is 45.4 Å². The summed E-state index contributed by atoms with van der Waals surface area (Å²) in [6, 6.07) is 0.945. The molecule has 0 aromatic carbocycles. The third-order valence-electron chi connectivity index (χ3n) is 4.44. The molecule has 0 bridgehead atoms. The summed E-state index contributed by atoms with van der Waals surface area (Å²) < 4.78 is 39.2. The molecule has 1 aliphatic carbocycles. The van der Waals surface area contributed by atoms with Crippen molar-refractivity contribution in [1.82, 2.24) is 4.98 Å². The van der Waals surface area contributed by atoms with Gasteiger partial charge in [0.2, 0.25) is 5.95 Å². The van der Waals surface area contributed by atoms with Crippen molar-refractivity contribution in [2.75, 3.05) is 0 Å². The molecular formula is C16H22F3N. The average Bonchev–Trinajstić information content (AvgIpc) is 2.43. The Labute approximate surface area is 118 Å². The molecule has 0 unspecified atom stereocenters. The topological polar surface area (TPSA) is 12.9 Å². The van der Waals surface area contributed by atoms with Gasteiger partial charge in [-0.25, -0.2) is 4.39 Å². The number of hydrogen-bond donors (Lipinski definition) is 0. The molecule has 0 amide bonds. The van der Waals surface area contributed by atoms with E-state index in [0.29, 0.717) is 12.3 Å². The van der Waals surface area contributed by atoms with Gasteiger partial charge < -0.3 is 0 Å². The minimum atomic E-state index is -1.36. The van der Waals surface area contributed by atoms with Crippen LogP contribution in [-0.2, 0) is 6.42 Å². The molecule has 1 nitrogen and oxygen atoms in total. The molecule has 1 aromatic rings. The lowest BCUT2D eigenvalue weighted by atomic mass is 9.78. The lowest BCUT2D eigenvalue weighted by Crippen LogP contribution is -2.15. The quantitative estimate of drug-likeness (QED) is 0.691. The fourth-order valence-electron chi connectivity index (χ4n) is 3.24. The first-order valence-corrected chi connectivity index (χ1v) is 7.60. The van der Waals surface area contributed by atoms with Crippen molar-refractivity contribution >= 4 is 0 Å². The predicted molar refractivity (Wildman–Crippen MR) is 72.8 cm³/mol. The second-order valence-corrected chi connectivity index (χ2v) is 5.93. The summed E-state index contributed by atoms with van der Waals surface area (Å²) in [6.45, 7) is 2.21. The first kappa shape index (κ1) is 15.3. The third kappa shape index (κ3) is 3.97. The normalized spacial score (nSPS) is 23.0. The van der Waals surface area contributed by atoms with Gasteiger partial charge in [-0.2, -0.15) is 13.8 Å². The molecule has 0 spiro atoms. The van der Waals surface area contributed by atoms with Crippen LogP contribution in [0.3, 0.4) is 0 Å². The molecule has 1 saturated carbocycles. The molecule has 112 valence electrons. The van der Waals surface area contributed by atoms with Crippen molar-refractivity contribution < 1.29 is 13.2 Å². The van der Waals surface area contributed by atoms with Gasteiger partial charge in [-0.05, 0) is 30.7 Å². The van der Waals surface area contributed by atoms with Gasteiger partial charge in [0.05, 0.1) is 0 Å². The first-order valence-electron chi connectivity index (χ1n) is 7.60. The Kier molecular flexibility index (Phi) is 5.44. The van der Waals surface area contributed by atoms with E-state index in [-0.39, 0.29) is 5.56 Å². The van der Waals surface area contributed by atoms with Crippen LogP contribution in [0.4, 0.5) is 13.2 Å². The van der Waals surface area contributed by atoms with Crippen LogP contribution in [-0.4, -0.2) is 4.98 Å². The van der Waals surface area contributed by atoms with Gasteiger partial charge in [0.25, 0.3) is 5.95 Å². The number of nitrogens with zero attached hydrogens (tertiary/aromatic N) is 1. The Hall–Kier alpha value is -1.06. The van der Waals surface area contributed by atoms with Crippen LogP contribution >= 0.6 is 0 Å². The Morgan fingerprint density at radius 2 is 1.60 bits per heavy atom. The van der Waals surface area contributed by atoms with Crippen molar-refractivity contribution in [3.8, 4) is 0 Å². The van der Waals surface area contributed by atoms with E-state index in [0.717, 1.165) is 18.4 Å². The summed E-state index contributed by atoms with van der Waals surface area (Å²) in [4.78, 5) is 2.96. The molecule has 0 saturated heterocycles. The maximum absolute atomic E-state index is 13.4. The van der Waals surface area contributed by atoms with Crippen LogP contribution < -0.4 is 0 Å². The van der Waals surface area contributed by atoms with E-state index in [9.17, 15) is 13.2 Å². The summed E-state index contributed by atoms with van der Waals surface area (Å²) in [5.74, 6) is -1.86. The highest BCUT2D eigenvalue weighted by Gasteiger charge is 2.21. The molecule has 0 aliphatic heterocycles. The second-order valence-electron chi connectivity index (χ2n) is 5.93. The summed E-state index contributed by atoms with van der Waals surface area (Å²) in [5.41, 5.74) is 0.194. The van der Waals surface area contributed by atoms with E-state index < -0.39 is 17.7 Å². The van der Waals surface area contributed by atoms with Crippen molar-refractivity contribution in [3.05, 3.63) is 29.3 Å². The summed E-state index contributed by atoms with van der Waals surface area (Å²) in [5, 5.41) is 0. The highest BCUT2D eigenvalue weighted by atomic mass is 19.2. The minimum Gasteiger partial charge on any atom is -0.202 e. The number of rotatable bonds is 5. The number of hydrogen-bond acceptors (Lipinski definition) is 1. The summed E-state index contributed by atoms with van der Waals surface area (Å²) >= 11 is 0. The van der Waals surface area contributed by atoms with Crippen LogP contribution in [0.15, 0.2) is 6.07 Å². The summed E-state index contributed by atoms with van der Waals surface area (Å²) in [7, 11) is 0. The number of aromatic nitrogens is 1. The summed E-state index contributed by atoms with van der Waals surface area (Å²) in [6.07, 6.45) is 8.65. The number of pyridine rings is 1. The fourth-order valence-corrected chi connectivity index (χ4v) is 3.24. The van der Waals surface area contributed by atoms with Crippen LogP contribution in [0.5, 0.6) is 0 Å². The molecule has 0 N–H and O–H groups in total. The molecular weight excluding hydrogens is 263 g/mol. The maximum atomic E-state index is 13.4. The molecule has 0 radical (unpaired) electrons. The Morgan fingerprint density at radius 3 is 2.20 bits per heavy atom. The van der Waals surface area contributed by atoms with E-state index in [1.54, 1.807) is 0 Å². The van der Waals surface area contributed by atoms with Crippen molar-refractivity contribution in [3.63, 3.8) is 0 Å². The second kappa shape index (κ2) is 7.09. The standard InChI is InChI=1S/C16H22F3N/c1-2-3-11-4-6-12(7-5-11)8-9-13-10-14(17)16(19)20-15(13)18/h10-12H,2-9H2,1H3/t11-,12-. The zero-order valence-corrected chi connectivity index (χ0v) is 12.0. The van der Waals surface area contributed by atoms with Crippen LogP contribution in [0, 0.1) is 29.5 Å². The molecule has 1 fully saturated rings. The van der Waals surface area contributed by atoms with Crippen molar-refractivity contribution in [1.29, 1.82) is 0 Å². The van der Waals surface area contributed by atoms with Crippen LogP contribution in [0.1, 0.15) is 57.4 Å². The van der Waals surface area contributed by atoms with E-state index in [1.807, 2.05) is 0 Å². The van der Waals surface area contributed by atoms with E-state index in [1.165, 1.54) is 38.5 Å². The fraction of sp³-hybridized carbons (Fsp3) is 0.688. The molecule has 20 heavy (non-hydrogen) atoms. The highest BCUT2D eigenvalue weighted by molar-refractivity contribution is 5.13. The Bertz CT molecular complexity index is 440. The lowest BCUT2D eigenvalue weighted by molar-refractivity contribution is 0.251. The smallest absolute Gasteiger partial charge is 0.202 e. The van der Waals surface area contributed by atoms with Crippen molar-refractivity contribution in [2.24, 2.45) is 11.8 Å². The van der Waals surface area contributed by atoms with E-state index in [2.05, 4.69) is 11.9 Å². The lowest BCUT2D eigenvalue weighted by Gasteiger charge is -2.28. The van der Waals surface area contributed by atoms with Crippen LogP contribution in [0.25, 0.3) is 0 Å². The maximum Gasteiger partial charge on any atom is 0.251 e. The Balaban J connectivity index is 1.83. The predicted octanol–water partition coefficient (Wildman–Crippen LogP) is 5.04. The van der Waals surface area contributed by atoms with Gasteiger partial charge >= 0.3 is 0 Å². The van der Waals surface area contributed by atoms with E-state index in [4.69, 9.17) is 0 Å². The van der Waals surface area contributed by atoms with Gasteiger partial charge in [0, 0.05) is 5.56 Å². The van der Waals surface area contributed by atoms with E-state index >= 15 is 0 Å². The van der Waals surface area contributed by atoms with Gasteiger partial charge in [-0.15, -0.1) is 0 Å². The molecule has 1 aromatic heterocycles. The zero-order chi connectivity index (χ0) is 14.5. The van der Waals surface area contributed by atoms with Gasteiger partial charge in [-0.3, -0.25) is 0 Å². The van der Waals surface area contributed by atoms with Gasteiger partial charge in [0.1, 0.15) is 0 Å². The first-order chi connectivity index (χ1) is 9.60. The molecule has 0 atom stereocenters. The number of aryl methyl sites for hydroxylation is 1. The average molecular weight is 285 g/mol.